The highest BCUT2D eigenvalue weighted by molar-refractivity contribution is 6.70. The minimum absolute atomic E-state index is 0.0613. The van der Waals surface area contributed by atoms with E-state index < -0.39 is 20.3 Å². The van der Waals surface area contributed by atoms with Crippen molar-refractivity contribution in [3.63, 3.8) is 0 Å². The summed E-state index contributed by atoms with van der Waals surface area (Å²) in [4.78, 5) is 10.5. The fourth-order valence-corrected chi connectivity index (χ4v) is 2.29. The summed E-state index contributed by atoms with van der Waals surface area (Å²) >= 11 is 0. The van der Waals surface area contributed by atoms with Crippen molar-refractivity contribution in [1.29, 1.82) is 0 Å². The lowest BCUT2D eigenvalue weighted by Crippen LogP contribution is -2.29. The van der Waals surface area contributed by atoms with Gasteiger partial charge in [-0.2, -0.15) is 0 Å². The van der Waals surface area contributed by atoms with Crippen LogP contribution < -0.4 is 10.2 Å². The lowest BCUT2D eigenvalue weighted by atomic mass is 10.1. The van der Waals surface area contributed by atoms with E-state index in [0.29, 0.717) is 0 Å². The van der Waals surface area contributed by atoms with Gasteiger partial charge in [-0.1, -0.05) is 12.1 Å². The molecule has 17 heavy (non-hydrogen) atoms. The normalized spacial score (nSPS) is 13.2. The van der Waals surface area contributed by atoms with E-state index in [2.05, 4.69) is 19.6 Å². The maximum absolute atomic E-state index is 10.5. The minimum Gasteiger partial charge on any atom is -0.544 e. The van der Waals surface area contributed by atoms with Gasteiger partial charge in [-0.05, 0) is 37.3 Å². The molecular formula is C12H19NO3Si. The van der Waals surface area contributed by atoms with Crippen LogP contribution in [-0.4, -0.2) is 19.4 Å². The SMILES string of the molecule is C[Si](C)(C)Oc1ccc(C(N)CC(=O)O)cc1. The third-order valence-corrected chi connectivity index (χ3v) is 2.97. The van der Waals surface area contributed by atoms with E-state index in [1.54, 1.807) is 0 Å². The first-order chi connectivity index (χ1) is 7.78. The van der Waals surface area contributed by atoms with E-state index in [0.717, 1.165) is 11.3 Å². The molecule has 1 rings (SSSR count). The van der Waals surface area contributed by atoms with Crippen LogP contribution in [0, 0.1) is 0 Å². The summed E-state index contributed by atoms with van der Waals surface area (Å²) < 4.78 is 5.80. The summed E-state index contributed by atoms with van der Waals surface area (Å²) in [7, 11) is -1.59. The van der Waals surface area contributed by atoms with Gasteiger partial charge in [0.15, 0.2) is 0 Å². The van der Waals surface area contributed by atoms with Gasteiger partial charge in [0.25, 0.3) is 0 Å². The first kappa shape index (κ1) is 13.7. The lowest BCUT2D eigenvalue weighted by Gasteiger charge is -2.19. The molecule has 0 heterocycles. The van der Waals surface area contributed by atoms with Gasteiger partial charge in [0.05, 0.1) is 6.42 Å². The number of benzene rings is 1. The van der Waals surface area contributed by atoms with Crippen molar-refractivity contribution in [2.24, 2.45) is 5.73 Å². The first-order valence-corrected chi connectivity index (χ1v) is 8.95. The number of nitrogens with two attached hydrogens (primary N) is 1. The number of aliphatic carboxylic acids is 1. The molecular weight excluding hydrogens is 234 g/mol. The van der Waals surface area contributed by atoms with Gasteiger partial charge in [0.1, 0.15) is 5.75 Å². The number of hydrogen-bond acceptors (Lipinski definition) is 3. The van der Waals surface area contributed by atoms with Crippen LogP contribution in [0.4, 0.5) is 0 Å². The van der Waals surface area contributed by atoms with Gasteiger partial charge >= 0.3 is 5.97 Å². The van der Waals surface area contributed by atoms with Crippen molar-refractivity contribution >= 4 is 14.3 Å². The second-order valence-corrected chi connectivity index (χ2v) is 9.42. The van der Waals surface area contributed by atoms with Crippen LogP contribution in [0.15, 0.2) is 24.3 Å². The van der Waals surface area contributed by atoms with E-state index in [1.807, 2.05) is 24.3 Å². The molecule has 0 aromatic heterocycles. The van der Waals surface area contributed by atoms with Gasteiger partial charge in [0.2, 0.25) is 8.32 Å². The Morgan fingerprint density at radius 2 is 1.88 bits per heavy atom. The Bertz CT molecular complexity index is 384. The predicted molar refractivity (Wildman–Crippen MR) is 69.6 cm³/mol. The van der Waals surface area contributed by atoms with E-state index in [4.69, 9.17) is 15.3 Å². The van der Waals surface area contributed by atoms with E-state index >= 15 is 0 Å². The Morgan fingerprint density at radius 1 is 1.35 bits per heavy atom. The van der Waals surface area contributed by atoms with E-state index in [1.165, 1.54) is 0 Å². The van der Waals surface area contributed by atoms with Crippen LogP contribution in [0.3, 0.4) is 0 Å². The molecule has 5 heteroatoms. The summed E-state index contributed by atoms with van der Waals surface area (Å²) in [6, 6.07) is 6.87. The highest BCUT2D eigenvalue weighted by Gasteiger charge is 2.16. The van der Waals surface area contributed by atoms with E-state index in [-0.39, 0.29) is 6.42 Å². The molecule has 94 valence electrons. The smallest absolute Gasteiger partial charge is 0.305 e. The third kappa shape index (κ3) is 5.01. The van der Waals surface area contributed by atoms with Gasteiger partial charge < -0.3 is 15.3 Å². The fraction of sp³-hybridized carbons (Fsp3) is 0.417. The highest BCUT2D eigenvalue weighted by Crippen LogP contribution is 2.20. The van der Waals surface area contributed by atoms with Crippen molar-refractivity contribution in [1.82, 2.24) is 0 Å². The number of carboxylic acid groups (broad SMARTS) is 1. The zero-order valence-electron chi connectivity index (χ0n) is 10.4. The zero-order chi connectivity index (χ0) is 13.1. The Labute approximate surface area is 103 Å². The molecule has 0 aliphatic heterocycles. The second kappa shape index (κ2) is 5.33. The van der Waals surface area contributed by atoms with Gasteiger partial charge in [-0.25, -0.2) is 0 Å². The van der Waals surface area contributed by atoms with Crippen LogP contribution >= 0.6 is 0 Å². The summed E-state index contributed by atoms with van der Waals surface area (Å²) in [6.45, 7) is 6.32. The van der Waals surface area contributed by atoms with Crippen LogP contribution in [-0.2, 0) is 4.79 Å². The zero-order valence-corrected chi connectivity index (χ0v) is 11.4. The van der Waals surface area contributed by atoms with Crippen molar-refractivity contribution in [3.05, 3.63) is 29.8 Å². The highest BCUT2D eigenvalue weighted by atomic mass is 28.4. The van der Waals surface area contributed by atoms with Gasteiger partial charge in [-0.15, -0.1) is 0 Å². The Balaban J connectivity index is 2.71. The molecule has 1 aromatic rings. The molecule has 4 nitrogen and oxygen atoms in total. The van der Waals surface area contributed by atoms with Crippen molar-refractivity contribution < 1.29 is 14.3 Å². The topological polar surface area (TPSA) is 72.5 Å². The number of carboxylic acids is 1. The van der Waals surface area contributed by atoms with Crippen LogP contribution in [0.2, 0.25) is 19.6 Å². The van der Waals surface area contributed by atoms with Crippen LogP contribution in [0.1, 0.15) is 18.0 Å². The van der Waals surface area contributed by atoms with Crippen LogP contribution in [0.25, 0.3) is 0 Å². The molecule has 0 aliphatic carbocycles. The number of rotatable bonds is 5. The van der Waals surface area contributed by atoms with Gasteiger partial charge in [0, 0.05) is 6.04 Å². The molecule has 1 unspecified atom stereocenters. The molecule has 0 saturated heterocycles. The Kier molecular flexibility index (Phi) is 4.31. The predicted octanol–water partition coefficient (Wildman–Crippen LogP) is 2.37. The lowest BCUT2D eigenvalue weighted by molar-refractivity contribution is -0.137. The molecule has 1 aromatic carbocycles. The molecule has 0 saturated carbocycles. The Morgan fingerprint density at radius 3 is 2.29 bits per heavy atom. The van der Waals surface area contributed by atoms with Crippen molar-refractivity contribution in [3.8, 4) is 5.75 Å². The molecule has 0 spiro atoms. The number of hydrogen-bond donors (Lipinski definition) is 2. The Hall–Kier alpha value is -1.33. The first-order valence-electron chi connectivity index (χ1n) is 5.54. The minimum atomic E-state index is -1.59. The molecule has 3 N–H and O–H groups in total. The molecule has 0 radical (unpaired) electrons. The molecule has 0 bridgehead atoms. The number of carbonyl (C=O) groups is 1. The monoisotopic (exact) mass is 253 g/mol. The molecule has 1 atom stereocenters. The molecule has 0 fully saturated rings. The molecule has 0 aliphatic rings. The average Bonchev–Trinajstić information content (AvgIpc) is 2.15. The summed E-state index contributed by atoms with van der Waals surface area (Å²) in [5, 5.41) is 8.65. The van der Waals surface area contributed by atoms with Crippen molar-refractivity contribution in [2.45, 2.75) is 32.1 Å². The average molecular weight is 253 g/mol. The standard InChI is InChI=1S/C12H19NO3Si/c1-17(2,3)16-10-6-4-9(5-7-10)11(13)8-12(14)15/h4-7,11H,8,13H2,1-3H3,(H,14,15). The summed E-state index contributed by atoms with van der Waals surface area (Å²) in [5.74, 6) is -0.0737. The van der Waals surface area contributed by atoms with Crippen molar-refractivity contribution in [2.75, 3.05) is 0 Å². The summed E-state index contributed by atoms with van der Waals surface area (Å²) in [5.41, 5.74) is 6.58. The molecule has 0 amide bonds. The van der Waals surface area contributed by atoms with E-state index in [9.17, 15) is 4.79 Å². The largest absolute Gasteiger partial charge is 0.544 e. The maximum Gasteiger partial charge on any atom is 0.305 e. The quantitative estimate of drug-likeness (QED) is 0.790. The summed E-state index contributed by atoms with van der Waals surface area (Å²) in [6.07, 6.45) is -0.0613. The third-order valence-electron chi connectivity index (χ3n) is 2.13. The maximum atomic E-state index is 10.5. The fourth-order valence-electron chi connectivity index (χ4n) is 1.44. The second-order valence-electron chi connectivity index (χ2n) is 4.99. The van der Waals surface area contributed by atoms with Crippen LogP contribution in [0.5, 0.6) is 5.75 Å². The van der Waals surface area contributed by atoms with Gasteiger partial charge in [-0.3, -0.25) is 4.79 Å².